The summed E-state index contributed by atoms with van der Waals surface area (Å²) in [6.45, 7) is 0.386. The Labute approximate surface area is 95.8 Å². The van der Waals surface area contributed by atoms with Crippen LogP contribution in [0.4, 0.5) is 0 Å². The van der Waals surface area contributed by atoms with Gasteiger partial charge in [0.15, 0.2) is 5.78 Å². The normalized spacial score (nSPS) is 10.8. The average molecular weight is 267 g/mol. The topological polar surface area (TPSA) is 58.9 Å². The Kier molecular flexibility index (Phi) is 2.88. The molecule has 0 aliphatic carbocycles. The quantitative estimate of drug-likeness (QED) is 0.839. The van der Waals surface area contributed by atoms with Crippen molar-refractivity contribution in [3.63, 3.8) is 0 Å². The number of rotatable bonds is 3. The highest BCUT2D eigenvalue weighted by Gasteiger charge is 2.11. The molecule has 0 fully saturated rings. The molecular formula is C11H11BrN2O. The van der Waals surface area contributed by atoms with Gasteiger partial charge in [0.1, 0.15) is 0 Å². The number of ketones is 1. The van der Waals surface area contributed by atoms with Crippen LogP contribution in [0.5, 0.6) is 0 Å². The van der Waals surface area contributed by atoms with Gasteiger partial charge in [-0.1, -0.05) is 12.1 Å². The van der Waals surface area contributed by atoms with Crippen LogP contribution in [0.2, 0.25) is 0 Å². The fourth-order valence-corrected chi connectivity index (χ4v) is 2.06. The molecule has 0 saturated carbocycles. The maximum atomic E-state index is 11.8. The lowest BCUT2D eigenvalue weighted by molar-refractivity contribution is 0.0987. The third-order valence-electron chi connectivity index (χ3n) is 2.34. The highest BCUT2D eigenvalue weighted by molar-refractivity contribution is 9.10. The summed E-state index contributed by atoms with van der Waals surface area (Å²) in [6, 6.07) is 5.67. The van der Waals surface area contributed by atoms with Gasteiger partial charge in [-0.25, -0.2) is 0 Å². The minimum atomic E-state index is 0.0810. The summed E-state index contributed by atoms with van der Waals surface area (Å²) in [6.07, 6.45) is 2.22. The second kappa shape index (κ2) is 4.16. The summed E-state index contributed by atoms with van der Waals surface area (Å²) in [5.74, 6) is 0.0810. The van der Waals surface area contributed by atoms with Crippen LogP contribution in [0, 0.1) is 0 Å². The highest BCUT2D eigenvalue weighted by Crippen LogP contribution is 2.26. The van der Waals surface area contributed by atoms with Gasteiger partial charge >= 0.3 is 0 Å². The van der Waals surface area contributed by atoms with Gasteiger partial charge in [-0.15, -0.1) is 0 Å². The van der Waals surface area contributed by atoms with E-state index in [4.69, 9.17) is 5.73 Å². The summed E-state index contributed by atoms with van der Waals surface area (Å²) in [5, 5.41) is 1.03. The van der Waals surface area contributed by atoms with Gasteiger partial charge in [0.25, 0.3) is 0 Å². The molecule has 0 radical (unpaired) electrons. The molecule has 0 unspecified atom stereocenters. The summed E-state index contributed by atoms with van der Waals surface area (Å²) < 4.78 is 0.972. The summed E-state index contributed by atoms with van der Waals surface area (Å²) >= 11 is 3.42. The van der Waals surface area contributed by atoms with Crippen LogP contribution in [-0.4, -0.2) is 17.3 Å². The number of nitrogens with two attached hydrogens (primary N) is 1. The largest absolute Gasteiger partial charge is 0.359 e. The van der Waals surface area contributed by atoms with Gasteiger partial charge in [-0.3, -0.25) is 4.79 Å². The fraction of sp³-hybridized carbons (Fsp3) is 0.182. The van der Waals surface area contributed by atoms with E-state index in [1.54, 1.807) is 0 Å². The van der Waals surface area contributed by atoms with Crippen LogP contribution >= 0.6 is 15.9 Å². The molecule has 0 saturated heterocycles. The second-order valence-corrected chi connectivity index (χ2v) is 4.18. The monoisotopic (exact) mass is 266 g/mol. The number of halogens is 1. The van der Waals surface area contributed by atoms with Crippen molar-refractivity contribution in [1.82, 2.24) is 4.98 Å². The lowest BCUT2D eigenvalue weighted by atomic mass is 10.1. The van der Waals surface area contributed by atoms with Gasteiger partial charge in [-0.05, 0) is 28.5 Å². The van der Waals surface area contributed by atoms with Crippen molar-refractivity contribution in [3.05, 3.63) is 34.4 Å². The predicted octanol–water partition coefficient (Wildman–Crippen LogP) is 2.46. The van der Waals surface area contributed by atoms with Gasteiger partial charge < -0.3 is 10.7 Å². The zero-order chi connectivity index (χ0) is 10.8. The number of para-hydroxylation sites is 1. The van der Waals surface area contributed by atoms with E-state index in [2.05, 4.69) is 20.9 Å². The van der Waals surface area contributed by atoms with Crippen LogP contribution in [-0.2, 0) is 0 Å². The van der Waals surface area contributed by atoms with Crippen LogP contribution < -0.4 is 5.73 Å². The number of nitrogens with one attached hydrogen (secondary N) is 1. The lowest BCUT2D eigenvalue weighted by Gasteiger charge is -2.01. The van der Waals surface area contributed by atoms with E-state index in [1.165, 1.54) is 0 Å². The van der Waals surface area contributed by atoms with Crippen molar-refractivity contribution in [3.8, 4) is 0 Å². The Morgan fingerprint density at radius 1 is 1.47 bits per heavy atom. The molecule has 3 nitrogen and oxygen atoms in total. The number of H-pyrrole nitrogens is 1. The number of fused-ring (bicyclic) bond motifs is 1. The average Bonchev–Trinajstić information content (AvgIpc) is 2.61. The fourth-order valence-electron chi connectivity index (χ4n) is 1.62. The number of Topliss-reactive ketones (excluding diaryl/α,β-unsaturated/α-hetero) is 1. The van der Waals surface area contributed by atoms with Gasteiger partial charge in [0.05, 0.1) is 5.52 Å². The molecule has 0 aliphatic heterocycles. The van der Waals surface area contributed by atoms with Gasteiger partial charge in [-0.2, -0.15) is 0 Å². The first kappa shape index (κ1) is 10.4. The molecule has 3 N–H and O–H groups in total. The van der Waals surface area contributed by atoms with E-state index >= 15 is 0 Å². The molecule has 1 aromatic carbocycles. The minimum absolute atomic E-state index is 0.0810. The Balaban J connectivity index is 2.56. The molecule has 0 spiro atoms. The molecule has 2 aromatic rings. The molecule has 1 heterocycles. The Morgan fingerprint density at radius 2 is 2.27 bits per heavy atom. The Morgan fingerprint density at radius 3 is 3.00 bits per heavy atom. The minimum Gasteiger partial charge on any atom is -0.359 e. The third-order valence-corrected chi connectivity index (χ3v) is 2.99. The Hall–Kier alpha value is -1.13. The maximum absolute atomic E-state index is 11.8. The number of carbonyl (C=O) groups is 1. The van der Waals surface area contributed by atoms with Crippen molar-refractivity contribution in [2.45, 2.75) is 6.42 Å². The first-order chi connectivity index (χ1) is 7.24. The molecule has 78 valence electrons. The summed E-state index contributed by atoms with van der Waals surface area (Å²) in [4.78, 5) is 14.8. The molecule has 0 aliphatic rings. The zero-order valence-electron chi connectivity index (χ0n) is 8.09. The van der Waals surface area contributed by atoms with Gasteiger partial charge in [0.2, 0.25) is 0 Å². The highest BCUT2D eigenvalue weighted by atomic mass is 79.9. The maximum Gasteiger partial charge on any atom is 0.166 e. The van der Waals surface area contributed by atoms with Crippen molar-refractivity contribution in [2.75, 3.05) is 6.54 Å². The molecule has 0 atom stereocenters. The molecule has 0 bridgehead atoms. The van der Waals surface area contributed by atoms with Crippen molar-refractivity contribution >= 4 is 32.6 Å². The number of carbonyl (C=O) groups excluding carboxylic acids is 1. The molecule has 0 amide bonds. The number of benzene rings is 1. The lowest BCUT2D eigenvalue weighted by Crippen LogP contribution is -2.08. The van der Waals surface area contributed by atoms with E-state index in [0.717, 1.165) is 15.4 Å². The SMILES string of the molecule is NCCC(=O)c1cccc2c(Br)c[nH]c12. The van der Waals surface area contributed by atoms with E-state index < -0.39 is 0 Å². The number of aromatic amines is 1. The first-order valence-electron chi connectivity index (χ1n) is 4.73. The van der Waals surface area contributed by atoms with Crippen LogP contribution in [0.15, 0.2) is 28.9 Å². The summed E-state index contributed by atoms with van der Waals surface area (Å²) in [7, 11) is 0. The molecular weight excluding hydrogens is 256 g/mol. The molecule has 15 heavy (non-hydrogen) atoms. The van der Waals surface area contributed by atoms with E-state index in [-0.39, 0.29) is 5.78 Å². The van der Waals surface area contributed by atoms with E-state index in [0.29, 0.717) is 18.5 Å². The standard InChI is InChI=1S/C11H11BrN2O/c12-9-6-14-11-7(9)2-1-3-8(11)10(15)4-5-13/h1-3,6,14H,4-5,13H2. The van der Waals surface area contributed by atoms with Crippen molar-refractivity contribution in [2.24, 2.45) is 5.73 Å². The van der Waals surface area contributed by atoms with Crippen LogP contribution in [0.25, 0.3) is 10.9 Å². The van der Waals surface area contributed by atoms with Crippen LogP contribution in [0.1, 0.15) is 16.8 Å². The van der Waals surface area contributed by atoms with Crippen LogP contribution in [0.3, 0.4) is 0 Å². The zero-order valence-corrected chi connectivity index (χ0v) is 9.67. The predicted molar refractivity (Wildman–Crippen MR) is 64.0 cm³/mol. The van der Waals surface area contributed by atoms with Gasteiger partial charge in [0, 0.05) is 28.0 Å². The summed E-state index contributed by atoms with van der Waals surface area (Å²) in [5.41, 5.74) is 6.97. The van der Waals surface area contributed by atoms with Crippen molar-refractivity contribution in [1.29, 1.82) is 0 Å². The van der Waals surface area contributed by atoms with E-state index in [1.807, 2.05) is 24.4 Å². The van der Waals surface area contributed by atoms with E-state index in [9.17, 15) is 4.79 Å². The Bertz CT molecular complexity index is 504. The molecule has 4 heteroatoms. The molecule has 2 rings (SSSR count). The number of hydrogen-bond donors (Lipinski definition) is 2. The van der Waals surface area contributed by atoms with Crippen molar-refractivity contribution < 1.29 is 4.79 Å². The number of aromatic nitrogens is 1. The third kappa shape index (κ3) is 1.82. The number of hydrogen-bond acceptors (Lipinski definition) is 2. The first-order valence-corrected chi connectivity index (χ1v) is 5.52. The smallest absolute Gasteiger partial charge is 0.166 e. The molecule has 1 aromatic heterocycles. The second-order valence-electron chi connectivity index (χ2n) is 3.33.